The van der Waals surface area contributed by atoms with Crippen molar-refractivity contribution in [1.29, 1.82) is 0 Å². The third kappa shape index (κ3) is 3.48. The Morgan fingerprint density at radius 3 is 2.52 bits per heavy atom. The number of nitrogens with zero attached hydrogens (tertiary/aromatic N) is 2. The Hall–Kier alpha value is -3.93. The predicted octanol–water partition coefficient (Wildman–Crippen LogP) is 4.89. The van der Waals surface area contributed by atoms with Gasteiger partial charge < -0.3 is 9.84 Å². The van der Waals surface area contributed by atoms with Crippen molar-refractivity contribution in [3.05, 3.63) is 89.9 Å². The maximum atomic E-state index is 12.9. The first-order valence-electron chi connectivity index (χ1n) is 9.06. The van der Waals surface area contributed by atoms with Crippen molar-refractivity contribution in [2.24, 2.45) is 0 Å². The molecule has 0 amide bonds. The first-order valence-corrected chi connectivity index (χ1v) is 9.06. The molecule has 0 radical (unpaired) electrons. The molecule has 1 N–H and O–H groups in total. The average Bonchev–Trinajstić information content (AvgIpc) is 3.04. The molecular formula is C23H18N2O4. The van der Waals surface area contributed by atoms with E-state index in [2.05, 4.69) is 4.98 Å². The van der Waals surface area contributed by atoms with E-state index in [0.29, 0.717) is 16.6 Å². The van der Waals surface area contributed by atoms with Crippen LogP contribution in [0.4, 0.5) is 4.79 Å². The van der Waals surface area contributed by atoms with Crippen molar-refractivity contribution in [1.82, 2.24) is 9.55 Å². The summed E-state index contributed by atoms with van der Waals surface area (Å²) in [7, 11) is 0. The molecule has 4 aromatic rings. The molecule has 0 aliphatic carbocycles. The van der Waals surface area contributed by atoms with E-state index in [4.69, 9.17) is 4.74 Å². The molecule has 144 valence electrons. The molecule has 4 rings (SSSR count). The van der Waals surface area contributed by atoms with E-state index in [0.717, 1.165) is 21.3 Å². The Morgan fingerprint density at radius 2 is 1.83 bits per heavy atom. The third-order valence-corrected chi connectivity index (χ3v) is 4.81. The molecule has 0 bridgehead atoms. The average molecular weight is 386 g/mol. The Bertz CT molecular complexity index is 1200. The van der Waals surface area contributed by atoms with Gasteiger partial charge in [-0.15, -0.1) is 0 Å². The van der Waals surface area contributed by atoms with Crippen LogP contribution in [0.25, 0.3) is 22.0 Å². The van der Waals surface area contributed by atoms with Gasteiger partial charge in [-0.2, -0.15) is 0 Å². The second-order valence-electron chi connectivity index (χ2n) is 6.61. The maximum Gasteiger partial charge on any atom is 0.416 e. The van der Waals surface area contributed by atoms with E-state index in [9.17, 15) is 14.7 Å². The van der Waals surface area contributed by atoms with Crippen molar-refractivity contribution in [3.8, 4) is 11.1 Å². The molecule has 0 aliphatic rings. The van der Waals surface area contributed by atoms with Gasteiger partial charge in [0.05, 0.1) is 11.1 Å². The quantitative estimate of drug-likeness (QED) is 0.505. The number of carbonyl (C=O) groups excluding carboxylic acids is 1. The minimum Gasteiger partial charge on any atom is -0.464 e. The first-order chi connectivity index (χ1) is 14.1. The normalized spacial score (nSPS) is 10.8. The lowest BCUT2D eigenvalue weighted by molar-refractivity contribution is 0.0474. The van der Waals surface area contributed by atoms with E-state index in [-0.39, 0.29) is 12.2 Å². The van der Waals surface area contributed by atoms with Crippen LogP contribution in [0.15, 0.2) is 73.1 Å². The fourth-order valence-corrected chi connectivity index (χ4v) is 3.43. The number of rotatable bonds is 4. The summed E-state index contributed by atoms with van der Waals surface area (Å²) in [5.41, 5.74) is 3.59. The molecule has 2 aromatic heterocycles. The molecule has 6 heteroatoms. The van der Waals surface area contributed by atoms with Crippen molar-refractivity contribution in [3.63, 3.8) is 0 Å². The molecule has 0 spiro atoms. The summed E-state index contributed by atoms with van der Waals surface area (Å²) in [4.78, 5) is 28.8. The Balaban J connectivity index is 1.79. The summed E-state index contributed by atoms with van der Waals surface area (Å²) in [5.74, 6) is -0.556. The summed E-state index contributed by atoms with van der Waals surface area (Å²) in [6, 6.07) is 18.4. The van der Waals surface area contributed by atoms with Crippen molar-refractivity contribution >= 4 is 23.0 Å². The van der Waals surface area contributed by atoms with Gasteiger partial charge in [0.1, 0.15) is 6.61 Å². The highest BCUT2D eigenvalue weighted by atomic mass is 16.5. The number of aromatic nitrogens is 2. The van der Waals surface area contributed by atoms with Gasteiger partial charge in [-0.1, -0.05) is 42.5 Å². The van der Waals surface area contributed by atoms with Gasteiger partial charge >= 0.3 is 12.1 Å². The number of benzene rings is 2. The van der Waals surface area contributed by atoms with E-state index in [1.807, 2.05) is 48.5 Å². The summed E-state index contributed by atoms with van der Waals surface area (Å²) in [6.45, 7) is 1.72. The van der Waals surface area contributed by atoms with Crippen LogP contribution in [-0.4, -0.2) is 26.7 Å². The van der Waals surface area contributed by atoms with Gasteiger partial charge in [-0.05, 0) is 36.2 Å². The second kappa shape index (κ2) is 7.59. The number of pyridine rings is 1. The molecule has 29 heavy (non-hydrogen) atoms. The van der Waals surface area contributed by atoms with Gasteiger partial charge in [-0.3, -0.25) is 4.98 Å². The Morgan fingerprint density at radius 1 is 1.03 bits per heavy atom. The monoisotopic (exact) mass is 386 g/mol. The smallest absolute Gasteiger partial charge is 0.416 e. The zero-order valence-electron chi connectivity index (χ0n) is 15.7. The van der Waals surface area contributed by atoms with Crippen LogP contribution in [0.5, 0.6) is 0 Å². The van der Waals surface area contributed by atoms with Crippen LogP contribution < -0.4 is 0 Å². The molecule has 0 fully saturated rings. The fourth-order valence-electron chi connectivity index (χ4n) is 3.43. The molecular weight excluding hydrogens is 368 g/mol. The lowest BCUT2D eigenvalue weighted by Crippen LogP contribution is -2.12. The fraction of sp³-hybridized carbons (Fsp3) is 0.0870. The topological polar surface area (TPSA) is 81.4 Å². The van der Waals surface area contributed by atoms with E-state index in [1.54, 1.807) is 31.5 Å². The number of ether oxygens (including phenoxy) is 1. The van der Waals surface area contributed by atoms with Gasteiger partial charge in [0, 0.05) is 29.0 Å². The van der Waals surface area contributed by atoms with Crippen molar-refractivity contribution in [2.75, 3.05) is 0 Å². The molecule has 0 aliphatic heterocycles. The summed E-state index contributed by atoms with van der Waals surface area (Å²) >= 11 is 0. The molecule has 6 nitrogen and oxygen atoms in total. The second-order valence-corrected chi connectivity index (χ2v) is 6.61. The lowest BCUT2D eigenvalue weighted by Gasteiger charge is -2.06. The number of carbonyl (C=O) groups is 2. The minimum absolute atomic E-state index is 0.112. The zero-order valence-corrected chi connectivity index (χ0v) is 15.7. The number of fused-ring (bicyclic) bond motifs is 1. The molecule has 2 heterocycles. The van der Waals surface area contributed by atoms with Crippen LogP contribution in [0, 0.1) is 6.92 Å². The number of hydrogen-bond donors (Lipinski definition) is 1. The van der Waals surface area contributed by atoms with Gasteiger partial charge in [0.15, 0.2) is 0 Å². The van der Waals surface area contributed by atoms with E-state index < -0.39 is 12.1 Å². The number of esters is 1. The standard InChI is InChI=1S/C23H18N2O4/c1-15-21(22(26)29-14-16-6-3-2-4-7-16)19-12-17(18-8-5-11-24-13-18)9-10-20(19)25(15)23(27)28/h2-13H,14H2,1H3,(H,27,28). The summed E-state index contributed by atoms with van der Waals surface area (Å²) < 4.78 is 6.60. The zero-order chi connectivity index (χ0) is 20.4. The molecule has 0 atom stereocenters. The van der Waals surface area contributed by atoms with Crippen LogP contribution in [0.2, 0.25) is 0 Å². The van der Waals surface area contributed by atoms with Crippen LogP contribution in [0.1, 0.15) is 21.6 Å². The van der Waals surface area contributed by atoms with Crippen molar-refractivity contribution < 1.29 is 19.4 Å². The molecule has 0 saturated heterocycles. The van der Waals surface area contributed by atoms with Gasteiger partial charge in [0.25, 0.3) is 0 Å². The minimum atomic E-state index is -1.15. The largest absolute Gasteiger partial charge is 0.464 e. The number of carboxylic acid groups (broad SMARTS) is 1. The van der Waals surface area contributed by atoms with Crippen LogP contribution >= 0.6 is 0 Å². The molecule has 0 saturated carbocycles. The Labute approximate surface area is 167 Å². The van der Waals surface area contributed by atoms with E-state index >= 15 is 0 Å². The highest BCUT2D eigenvalue weighted by Crippen LogP contribution is 2.31. The van der Waals surface area contributed by atoms with Gasteiger partial charge in [0.2, 0.25) is 0 Å². The highest BCUT2D eigenvalue weighted by molar-refractivity contribution is 6.09. The highest BCUT2D eigenvalue weighted by Gasteiger charge is 2.24. The molecule has 0 unspecified atom stereocenters. The van der Waals surface area contributed by atoms with Crippen molar-refractivity contribution in [2.45, 2.75) is 13.5 Å². The number of hydrogen-bond acceptors (Lipinski definition) is 4. The Kier molecular flexibility index (Phi) is 4.83. The van der Waals surface area contributed by atoms with Crippen LogP contribution in [-0.2, 0) is 11.3 Å². The SMILES string of the molecule is Cc1c(C(=O)OCc2ccccc2)c2cc(-c3cccnc3)ccc2n1C(=O)O. The van der Waals surface area contributed by atoms with E-state index in [1.165, 1.54) is 0 Å². The summed E-state index contributed by atoms with van der Waals surface area (Å²) in [6.07, 6.45) is 2.25. The van der Waals surface area contributed by atoms with Crippen LogP contribution in [0.3, 0.4) is 0 Å². The third-order valence-electron chi connectivity index (χ3n) is 4.81. The maximum absolute atomic E-state index is 12.9. The summed E-state index contributed by atoms with van der Waals surface area (Å²) in [5, 5.41) is 10.2. The van der Waals surface area contributed by atoms with Gasteiger partial charge in [-0.25, -0.2) is 14.2 Å². The first kappa shape index (κ1) is 18.4. The molecule has 2 aromatic carbocycles. The lowest BCUT2D eigenvalue weighted by atomic mass is 10.0. The predicted molar refractivity (Wildman–Crippen MR) is 109 cm³/mol.